The first-order valence-electron chi connectivity index (χ1n) is 10.4. The smallest absolute Gasteiger partial charge is 0.259 e. The molecule has 154 valence electrons. The van der Waals surface area contributed by atoms with Crippen molar-refractivity contribution in [2.75, 3.05) is 13.1 Å². The molecule has 0 spiro atoms. The summed E-state index contributed by atoms with van der Waals surface area (Å²) in [6.07, 6.45) is 8.90. The molecule has 1 saturated heterocycles. The van der Waals surface area contributed by atoms with Gasteiger partial charge >= 0.3 is 0 Å². The maximum atomic E-state index is 13.0. The van der Waals surface area contributed by atoms with Gasteiger partial charge in [0, 0.05) is 52.0 Å². The zero-order valence-corrected chi connectivity index (χ0v) is 16.7. The molecule has 3 aromatic heterocycles. The van der Waals surface area contributed by atoms with Gasteiger partial charge in [0.25, 0.3) is 11.8 Å². The Kier molecular flexibility index (Phi) is 4.04. The molecule has 2 aliphatic rings. The number of piperidine rings is 1. The lowest BCUT2D eigenvalue weighted by atomic mass is 9.96. The van der Waals surface area contributed by atoms with E-state index >= 15 is 0 Å². The zero-order chi connectivity index (χ0) is 20.9. The minimum Gasteiger partial charge on any atom is -0.464 e. The molecular formula is C24H20N4O3. The van der Waals surface area contributed by atoms with E-state index in [-0.39, 0.29) is 0 Å². The molecule has 0 bridgehead atoms. The highest BCUT2D eigenvalue weighted by Crippen LogP contribution is 2.39. The standard InChI is InChI=1S/C24H20N4O3/c29-23-20(17-12-26-11-14-7-10-31-22(14)17)21(24(30)27-23)18-13-28(15-5-8-25-9-6-15)19-4-2-1-3-16(18)19/h1-4,7,10-13,15,25H,5-6,8-9H2,(H,27,29,30). The normalized spacial score (nSPS) is 17.8. The molecule has 1 fully saturated rings. The monoisotopic (exact) mass is 412 g/mol. The van der Waals surface area contributed by atoms with Crippen LogP contribution >= 0.6 is 0 Å². The Morgan fingerprint density at radius 1 is 0.968 bits per heavy atom. The van der Waals surface area contributed by atoms with Crippen LogP contribution in [0.4, 0.5) is 0 Å². The topological polar surface area (TPSA) is 89.2 Å². The van der Waals surface area contributed by atoms with Crippen molar-refractivity contribution in [1.29, 1.82) is 0 Å². The summed E-state index contributed by atoms with van der Waals surface area (Å²) in [5, 5.41) is 7.63. The maximum absolute atomic E-state index is 13.0. The molecule has 0 atom stereocenters. The molecule has 4 aromatic rings. The Morgan fingerprint density at radius 2 is 1.74 bits per heavy atom. The van der Waals surface area contributed by atoms with Crippen molar-refractivity contribution in [3.63, 3.8) is 0 Å². The highest BCUT2D eigenvalue weighted by molar-refractivity contribution is 6.50. The third-order valence-electron chi connectivity index (χ3n) is 6.27. The molecule has 1 aromatic carbocycles. The second-order valence-electron chi connectivity index (χ2n) is 8.01. The number of aromatic nitrogens is 2. The summed E-state index contributed by atoms with van der Waals surface area (Å²) in [5.74, 6) is -0.818. The number of imide groups is 1. The van der Waals surface area contributed by atoms with Gasteiger partial charge in [0.15, 0.2) is 0 Å². The Balaban J connectivity index is 1.63. The van der Waals surface area contributed by atoms with Crippen LogP contribution in [0, 0.1) is 0 Å². The third kappa shape index (κ3) is 2.74. The summed E-state index contributed by atoms with van der Waals surface area (Å²) in [7, 11) is 0. The summed E-state index contributed by atoms with van der Waals surface area (Å²) in [6.45, 7) is 1.93. The Bertz CT molecular complexity index is 1390. The van der Waals surface area contributed by atoms with Crippen LogP contribution in [0.15, 0.2) is 59.6 Å². The van der Waals surface area contributed by atoms with Crippen LogP contribution in [0.2, 0.25) is 0 Å². The minimum atomic E-state index is -0.426. The largest absolute Gasteiger partial charge is 0.464 e. The molecule has 0 unspecified atom stereocenters. The zero-order valence-electron chi connectivity index (χ0n) is 16.7. The van der Waals surface area contributed by atoms with Crippen molar-refractivity contribution in [1.82, 2.24) is 20.2 Å². The second-order valence-corrected chi connectivity index (χ2v) is 8.01. The number of pyridine rings is 1. The van der Waals surface area contributed by atoms with Gasteiger partial charge in [-0.25, -0.2) is 0 Å². The number of para-hydroxylation sites is 1. The van der Waals surface area contributed by atoms with E-state index < -0.39 is 11.8 Å². The number of hydrogen-bond donors (Lipinski definition) is 2. The van der Waals surface area contributed by atoms with Crippen molar-refractivity contribution in [2.45, 2.75) is 18.9 Å². The molecule has 2 N–H and O–H groups in total. The lowest BCUT2D eigenvalue weighted by Crippen LogP contribution is -2.29. The van der Waals surface area contributed by atoms with E-state index in [1.807, 2.05) is 24.4 Å². The summed E-state index contributed by atoms with van der Waals surface area (Å²) in [6, 6.07) is 10.2. The van der Waals surface area contributed by atoms with Crippen LogP contribution in [0.3, 0.4) is 0 Å². The van der Waals surface area contributed by atoms with Gasteiger partial charge in [-0.2, -0.15) is 0 Å². The molecule has 0 saturated carbocycles. The summed E-state index contributed by atoms with van der Waals surface area (Å²) in [5.41, 5.74) is 3.59. The van der Waals surface area contributed by atoms with Gasteiger partial charge in [-0.05, 0) is 38.1 Å². The van der Waals surface area contributed by atoms with E-state index in [9.17, 15) is 9.59 Å². The van der Waals surface area contributed by atoms with Crippen LogP contribution in [-0.4, -0.2) is 34.5 Å². The first-order valence-corrected chi connectivity index (χ1v) is 10.4. The van der Waals surface area contributed by atoms with Crippen molar-refractivity contribution in [3.8, 4) is 0 Å². The van der Waals surface area contributed by atoms with Crippen LogP contribution < -0.4 is 10.6 Å². The summed E-state index contributed by atoms with van der Waals surface area (Å²) >= 11 is 0. The number of hydrogen-bond acceptors (Lipinski definition) is 5. The molecule has 2 amide bonds. The first kappa shape index (κ1) is 18.1. The number of rotatable bonds is 3. The predicted molar refractivity (Wildman–Crippen MR) is 117 cm³/mol. The number of furan rings is 1. The van der Waals surface area contributed by atoms with Crippen molar-refractivity contribution < 1.29 is 14.0 Å². The van der Waals surface area contributed by atoms with Crippen LogP contribution in [0.5, 0.6) is 0 Å². The van der Waals surface area contributed by atoms with E-state index in [0.717, 1.165) is 47.8 Å². The van der Waals surface area contributed by atoms with Crippen LogP contribution in [0.25, 0.3) is 33.0 Å². The summed E-state index contributed by atoms with van der Waals surface area (Å²) in [4.78, 5) is 30.2. The SMILES string of the molecule is O=C1NC(=O)C(c2cncc3ccoc23)=C1c1cn(C2CCNCC2)c2ccccc12. The molecular weight excluding hydrogens is 392 g/mol. The van der Waals surface area contributed by atoms with Crippen molar-refractivity contribution in [3.05, 3.63) is 66.3 Å². The summed E-state index contributed by atoms with van der Waals surface area (Å²) < 4.78 is 7.90. The fourth-order valence-corrected chi connectivity index (χ4v) is 4.83. The fourth-order valence-electron chi connectivity index (χ4n) is 4.83. The van der Waals surface area contributed by atoms with Gasteiger partial charge in [0.05, 0.1) is 17.4 Å². The third-order valence-corrected chi connectivity index (χ3v) is 6.27. The fraction of sp³-hybridized carbons (Fsp3) is 0.208. The highest BCUT2D eigenvalue weighted by Gasteiger charge is 2.35. The van der Waals surface area contributed by atoms with Gasteiger partial charge in [-0.3, -0.25) is 19.9 Å². The Morgan fingerprint density at radius 3 is 2.58 bits per heavy atom. The maximum Gasteiger partial charge on any atom is 0.259 e. The number of fused-ring (bicyclic) bond motifs is 2. The molecule has 2 aliphatic heterocycles. The molecule has 5 heterocycles. The highest BCUT2D eigenvalue weighted by atomic mass is 16.3. The second kappa shape index (κ2) is 6.92. The average molecular weight is 412 g/mol. The van der Waals surface area contributed by atoms with E-state index in [0.29, 0.717) is 28.3 Å². The van der Waals surface area contributed by atoms with Gasteiger partial charge in [0.1, 0.15) is 5.58 Å². The lowest BCUT2D eigenvalue weighted by molar-refractivity contribution is -0.122. The number of carbonyl (C=O) groups excluding carboxylic acids is 2. The van der Waals surface area contributed by atoms with Gasteiger partial charge in [-0.15, -0.1) is 0 Å². The predicted octanol–water partition coefficient (Wildman–Crippen LogP) is 3.27. The Labute approximate surface area is 177 Å². The van der Waals surface area contributed by atoms with Crippen molar-refractivity contribution >= 4 is 44.8 Å². The number of amides is 2. The number of benzene rings is 1. The molecule has 7 heteroatoms. The number of carbonyl (C=O) groups is 2. The van der Waals surface area contributed by atoms with Crippen LogP contribution in [-0.2, 0) is 9.59 Å². The van der Waals surface area contributed by atoms with E-state index in [1.54, 1.807) is 24.7 Å². The molecule has 0 aliphatic carbocycles. The van der Waals surface area contributed by atoms with E-state index in [2.05, 4.69) is 26.3 Å². The average Bonchev–Trinajstić information content (AvgIpc) is 3.49. The molecule has 6 rings (SSSR count). The molecule has 7 nitrogen and oxygen atoms in total. The minimum absolute atomic E-state index is 0.311. The van der Waals surface area contributed by atoms with E-state index in [4.69, 9.17) is 4.42 Å². The molecule has 31 heavy (non-hydrogen) atoms. The molecule has 0 radical (unpaired) electrons. The first-order chi connectivity index (χ1) is 15.2. The van der Waals surface area contributed by atoms with E-state index in [1.165, 1.54) is 0 Å². The lowest BCUT2D eigenvalue weighted by Gasteiger charge is -2.25. The van der Waals surface area contributed by atoms with Gasteiger partial charge in [-0.1, -0.05) is 18.2 Å². The quantitative estimate of drug-likeness (QED) is 0.504. The Hall–Kier alpha value is -3.71. The van der Waals surface area contributed by atoms with Gasteiger partial charge < -0.3 is 14.3 Å². The van der Waals surface area contributed by atoms with Crippen molar-refractivity contribution in [2.24, 2.45) is 0 Å². The number of nitrogens with one attached hydrogen (secondary N) is 2. The van der Waals surface area contributed by atoms with Crippen LogP contribution in [0.1, 0.15) is 30.0 Å². The number of nitrogens with zero attached hydrogens (tertiary/aromatic N) is 2. The van der Waals surface area contributed by atoms with Gasteiger partial charge in [0.2, 0.25) is 0 Å².